The molecule has 3 heteroatoms. The van der Waals surface area contributed by atoms with Crippen molar-refractivity contribution >= 4 is 5.97 Å². The lowest BCUT2D eigenvalue weighted by molar-refractivity contribution is -0.137. The number of hydrogen-bond acceptors (Lipinski definition) is 2. The van der Waals surface area contributed by atoms with Gasteiger partial charge in [0.05, 0.1) is 0 Å². The number of hydrogen-bond donors (Lipinski definition) is 2. The van der Waals surface area contributed by atoms with Crippen LogP contribution in [0.3, 0.4) is 0 Å². The SMILES string of the molecule is CC1Cc2ccc(C(N)CCC(=O)O)cc2C1. The smallest absolute Gasteiger partial charge is 0.303 e. The minimum absolute atomic E-state index is 0.134. The maximum atomic E-state index is 10.5. The largest absolute Gasteiger partial charge is 0.481 e. The van der Waals surface area contributed by atoms with Crippen LogP contribution in [0.4, 0.5) is 0 Å². The summed E-state index contributed by atoms with van der Waals surface area (Å²) in [6, 6.07) is 6.19. The second-order valence-electron chi connectivity index (χ2n) is 5.08. The summed E-state index contributed by atoms with van der Waals surface area (Å²) in [6.07, 6.45) is 2.91. The van der Waals surface area contributed by atoms with Crippen LogP contribution in [0.1, 0.15) is 42.5 Å². The highest BCUT2D eigenvalue weighted by molar-refractivity contribution is 5.66. The van der Waals surface area contributed by atoms with Gasteiger partial charge in [-0.2, -0.15) is 0 Å². The molecule has 0 aliphatic heterocycles. The monoisotopic (exact) mass is 233 g/mol. The average Bonchev–Trinajstić information content (AvgIpc) is 2.64. The molecule has 0 bridgehead atoms. The summed E-state index contributed by atoms with van der Waals surface area (Å²) in [5.74, 6) is -0.0641. The topological polar surface area (TPSA) is 63.3 Å². The Morgan fingerprint density at radius 1 is 1.47 bits per heavy atom. The summed E-state index contributed by atoms with van der Waals surface area (Å²) < 4.78 is 0. The van der Waals surface area contributed by atoms with E-state index in [0.717, 1.165) is 24.3 Å². The predicted octanol–water partition coefficient (Wildman–Crippen LogP) is 2.29. The summed E-state index contributed by atoms with van der Waals surface area (Å²) in [6.45, 7) is 2.25. The van der Waals surface area contributed by atoms with Crippen molar-refractivity contribution in [1.82, 2.24) is 0 Å². The number of carboxylic acid groups (broad SMARTS) is 1. The second kappa shape index (κ2) is 4.88. The highest BCUT2D eigenvalue weighted by Gasteiger charge is 2.19. The van der Waals surface area contributed by atoms with Crippen LogP contribution in [-0.2, 0) is 17.6 Å². The second-order valence-corrected chi connectivity index (χ2v) is 5.08. The molecule has 3 nitrogen and oxygen atoms in total. The van der Waals surface area contributed by atoms with Gasteiger partial charge in [-0.05, 0) is 41.9 Å². The van der Waals surface area contributed by atoms with Crippen molar-refractivity contribution in [2.75, 3.05) is 0 Å². The number of carbonyl (C=O) groups is 1. The molecule has 2 unspecified atom stereocenters. The predicted molar refractivity (Wildman–Crippen MR) is 66.8 cm³/mol. The molecule has 1 aromatic rings. The lowest BCUT2D eigenvalue weighted by atomic mass is 9.99. The van der Waals surface area contributed by atoms with Gasteiger partial charge in [-0.3, -0.25) is 4.79 Å². The molecule has 0 fully saturated rings. The van der Waals surface area contributed by atoms with E-state index in [2.05, 4.69) is 19.1 Å². The molecule has 0 saturated heterocycles. The molecule has 2 rings (SSSR count). The summed E-state index contributed by atoms with van der Waals surface area (Å²) in [4.78, 5) is 10.5. The first kappa shape index (κ1) is 12.1. The molecule has 3 N–H and O–H groups in total. The van der Waals surface area contributed by atoms with E-state index >= 15 is 0 Å². The van der Waals surface area contributed by atoms with E-state index in [0.29, 0.717) is 6.42 Å². The first-order valence-corrected chi connectivity index (χ1v) is 6.15. The number of aliphatic carboxylic acids is 1. The number of carboxylic acids is 1. The summed E-state index contributed by atoms with van der Waals surface area (Å²) >= 11 is 0. The normalized spacial score (nSPS) is 20.0. The first-order chi connectivity index (χ1) is 8.06. The Morgan fingerprint density at radius 3 is 2.88 bits per heavy atom. The Bertz CT molecular complexity index is 428. The molecule has 92 valence electrons. The van der Waals surface area contributed by atoms with Gasteiger partial charge in [0.1, 0.15) is 0 Å². The van der Waals surface area contributed by atoms with E-state index in [4.69, 9.17) is 10.8 Å². The van der Waals surface area contributed by atoms with Gasteiger partial charge in [0.25, 0.3) is 0 Å². The van der Waals surface area contributed by atoms with E-state index < -0.39 is 5.97 Å². The Labute approximate surface area is 102 Å². The van der Waals surface area contributed by atoms with Crippen molar-refractivity contribution in [2.24, 2.45) is 11.7 Å². The maximum Gasteiger partial charge on any atom is 0.303 e. The van der Waals surface area contributed by atoms with Crippen LogP contribution < -0.4 is 5.73 Å². The van der Waals surface area contributed by atoms with Gasteiger partial charge in [-0.25, -0.2) is 0 Å². The minimum atomic E-state index is -0.782. The van der Waals surface area contributed by atoms with Gasteiger partial charge < -0.3 is 10.8 Å². The van der Waals surface area contributed by atoms with E-state index in [1.165, 1.54) is 11.1 Å². The van der Waals surface area contributed by atoms with Crippen LogP contribution in [0.25, 0.3) is 0 Å². The minimum Gasteiger partial charge on any atom is -0.481 e. The third-order valence-corrected chi connectivity index (χ3v) is 3.46. The van der Waals surface area contributed by atoms with E-state index in [-0.39, 0.29) is 12.5 Å². The van der Waals surface area contributed by atoms with Gasteiger partial charge in [0.15, 0.2) is 0 Å². The van der Waals surface area contributed by atoms with Crippen molar-refractivity contribution in [3.8, 4) is 0 Å². The van der Waals surface area contributed by atoms with Crippen molar-refractivity contribution in [3.63, 3.8) is 0 Å². The molecule has 1 aromatic carbocycles. The molecule has 0 amide bonds. The van der Waals surface area contributed by atoms with Crippen LogP contribution in [0.5, 0.6) is 0 Å². The molecule has 0 spiro atoms. The van der Waals surface area contributed by atoms with Gasteiger partial charge in [0.2, 0.25) is 0 Å². The molecule has 0 radical (unpaired) electrons. The van der Waals surface area contributed by atoms with Gasteiger partial charge in [-0.15, -0.1) is 0 Å². The molecule has 17 heavy (non-hydrogen) atoms. The molecule has 1 aliphatic carbocycles. The van der Waals surface area contributed by atoms with Gasteiger partial charge in [0, 0.05) is 12.5 Å². The number of fused-ring (bicyclic) bond motifs is 1. The van der Waals surface area contributed by atoms with Gasteiger partial charge >= 0.3 is 5.97 Å². The maximum absolute atomic E-state index is 10.5. The number of rotatable bonds is 4. The zero-order chi connectivity index (χ0) is 12.4. The van der Waals surface area contributed by atoms with Crippen LogP contribution >= 0.6 is 0 Å². The Balaban J connectivity index is 2.07. The first-order valence-electron chi connectivity index (χ1n) is 6.15. The highest BCUT2D eigenvalue weighted by atomic mass is 16.4. The molecule has 0 aromatic heterocycles. The van der Waals surface area contributed by atoms with Crippen molar-refractivity contribution in [1.29, 1.82) is 0 Å². The Morgan fingerprint density at radius 2 is 2.18 bits per heavy atom. The zero-order valence-electron chi connectivity index (χ0n) is 10.1. The molecule has 0 saturated carbocycles. The average molecular weight is 233 g/mol. The van der Waals surface area contributed by atoms with Crippen molar-refractivity contribution in [2.45, 2.75) is 38.6 Å². The lowest BCUT2D eigenvalue weighted by Gasteiger charge is -2.12. The molecule has 1 aliphatic rings. The number of benzene rings is 1. The Kier molecular flexibility index (Phi) is 3.48. The standard InChI is InChI=1S/C14H19NO2/c1-9-6-10-2-3-11(8-12(10)7-9)13(15)4-5-14(16)17/h2-3,8-9,13H,4-7,15H2,1H3,(H,16,17). The fraction of sp³-hybridized carbons (Fsp3) is 0.500. The highest BCUT2D eigenvalue weighted by Crippen LogP contribution is 2.29. The molecular formula is C14H19NO2. The van der Waals surface area contributed by atoms with Crippen molar-refractivity contribution < 1.29 is 9.90 Å². The van der Waals surface area contributed by atoms with E-state index in [1.807, 2.05) is 6.07 Å². The fourth-order valence-corrected chi connectivity index (χ4v) is 2.53. The Hall–Kier alpha value is -1.35. The molecule has 0 heterocycles. The van der Waals surface area contributed by atoms with Crippen molar-refractivity contribution in [3.05, 3.63) is 34.9 Å². The number of nitrogens with two attached hydrogens (primary N) is 1. The third kappa shape index (κ3) is 2.86. The van der Waals surface area contributed by atoms with E-state index in [1.54, 1.807) is 0 Å². The van der Waals surface area contributed by atoms with Crippen LogP contribution in [0.2, 0.25) is 0 Å². The quantitative estimate of drug-likeness (QED) is 0.838. The molecule has 2 atom stereocenters. The third-order valence-electron chi connectivity index (χ3n) is 3.46. The zero-order valence-corrected chi connectivity index (χ0v) is 10.1. The van der Waals surface area contributed by atoms with Crippen LogP contribution in [0.15, 0.2) is 18.2 Å². The van der Waals surface area contributed by atoms with Gasteiger partial charge in [-0.1, -0.05) is 25.1 Å². The molecular weight excluding hydrogens is 214 g/mol. The fourth-order valence-electron chi connectivity index (χ4n) is 2.53. The van der Waals surface area contributed by atoms with Crippen LogP contribution in [0, 0.1) is 5.92 Å². The summed E-state index contributed by atoms with van der Waals surface area (Å²) in [5, 5.41) is 8.64. The van der Waals surface area contributed by atoms with Crippen LogP contribution in [-0.4, -0.2) is 11.1 Å². The summed E-state index contributed by atoms with van der Waals surface area (Å²) in [5.41, 5.74) is 9.89. The summed E-state index contributed by atoms with van der Waals surface area (Å²) in [7, 11) is 0. The van der Waals surface area contributed by atoms with E-state index in [9.17, 15) is 4.79 Å². The lowest BCUT2D eigenvalue weighted by Crippen LogP contribution is -2.12.